The molecular weight excluding hydrogens is 298 g/mol. The van der Waals surface area contributed by atoms with Crippen molar-refractivity contribution in [2.24, 2.45) is 0 Å². The van der Waals surface area contributed by atoms with Crippen molar-refractivity contribution in [3.05, 3.63) is 42.6 Å². The molecule has 0 aliphatic carbocycles. The first-order chi connectivity index (χ1) is 10.9. The molecule has 1 aliphatic heterocycles. The van der Waals surface area contributed by atoms with E-state index in [4.69, 9.17) is 4.74 Å². The molecule has 3 aromatic rings. The molecule has 1 fully saturated rings. The first-order valence-corrected chi connectivity index (χ1v) is 8.10. The summed E-state index contributed by atoms with van der Waals surface area (Å²) in [5.74, 6) is 0. The van der Waals surface area contributed by atoms with Gasteiger partial charge in [0.1, 0.15) is 11.8 Å². The largest absolute Gasteiger partial charge is 0.373 e. The minimum Gasteiger partial charge on any atom is -0.373 e. The number of pyridine rings is 1. The van der Waals surface area contributed by atoms with Crippen molar-refractivity contribution in [3.8, 4) is 0 Å². The van der Waals surface area contributed by atoms with Gasteiger partial charge in [0.15, 0.2) is 10.8 Å². The van der Waals surface area contributed by atoms with E-state index in [1.807, 2.05) is 12.3 Å². The van der Waals surface area contributed by atoms with Crippen LogP contribution in [0.25, 0.3) is 11.2 Å². The molecule has 4 rings (SSSR count). The minimum atomic E-state index is 0.115. The summed E-state index contributed by atoms with van der Waals surface area (Å²) in [7, 11) is 0. The zero-order valence-corrected chi connectivity index (χ0v) is 12.7. The van der Waals surface area contributed by atoms with Gasteiger partial charge in [-0.1, -0.05) is 17.8 Å². The Bertz CT molecular complexity index is 730. The monoisotopic (exact) mass is 313 g/mol. The lowest BCUT2D eigenvalue weighted by atomic mass is 10.0. The predicted molar refractivity (Wildman–Crippen MR) is 83.5 cm³/mol. The molecule has 0 bridgehead atoms. The fourth-order valence-corrected chi connectivity index (χ4v) is 3.73. The fourth-order valence-electron chi connectivity index (χ4n) is 2.63. The third kappa shape index (κ3) is 2.82. The van der Waals surface area contributed by atoms with Crippen molar-refractivity contribution in [1.82, 2.24) is 24.9 Å². The third-order valence-electron chi connectivity index (χ3n) is 3.71. The van der Waals surface area contributed by atoms with Crippen LogP contribution < -0.4 is 0 Å². The maximum atomic E-state index is 5.88. The number of imidazole rings is 1. The van der Waals surface area contributed by atoms with E-state index in [2.05, 4.69) is 31.0 Å². The van der Waals surface area contributed by atoms with E-state index < -0.39 is 0 Å². The van der Waals surface area contributed by atoms with Gasteiger partial charge in [-0.3, -0.25) is 4.98 Å². The summed E-state index contributed by atoms with van der Waals surface area (Å²) >= 11 is 1.75. The second kappa shape index (κ2) is 6.02. The predicted octanol–water partition coefficient (Wildman–Crippen LogP) is 2.76. The number of thioether (sulfide) groups is 1. The molecule has 4 heterocycles. The highest BCUT2D eigenvalue weighted by molar-refractivity contribution is 7.99. The maximum Gasteiger partial charge on any atom is 0.181 e. The van der Waals surface area contributed by atoms with Gasteiger partial charge in [0, 0.05) is 24.3 Å². The van der Waals surface area contributed by atoms with Crippen molar-refractivity contribution in [3.63, 3.8) is 0 Å². The van der Waals surface area contributed by atoms with Crippen LogP contribution >= 0.6 is 11.8 Å². The minimum absolute atomic E-state index is 0.115. The van der Waals surface area contributed by atoms with Crippen LogP contribution in [0.3, 0.4) is 0 Å². The number of aromatic amines is 1. The maximum absolute atomic E-state index is 5.88. The highest BCUT2D eigenvalue weighted by Crippen LogP contribution is 2.36. The number of fused-ring (bicyclic) bond motifs is 1. The molecule has 22 heavy (non-hydrogen) atoms. The molecule has 1 saturated heterocycles. The molecule has 0 saturated carbocycles. The summed E-state index contributed by atoms with van der Waals surface area (Å²) < 4.78 is 5.88. The summed E-state index contributed by atoms with van der Waals surface area (Å²) in [6.45, 7) is 0.761. The van der Waals surface area contributed by atoms with Crippen LogP contribution in [0.4, 0.5) is 0 Å². The van der Waals surface area contributed by atoms with Crippen LogP contribution in [0.5, 0.6) is 0 Å². The van der Waals surface area contributed by atoms with E-state index >= 15 is 0 Å². The van der Waals surface area contributed by atoms with Gasteiger partial charge in [-0.15, -0.1) is 0 Å². The number of rotatable bonds is 3. The molecular formula is C15H15N5OS. The first-order valence-electron chi connectivity index (χ1n) is 7.22. The standard InChI is InChI=1S/C15H15N5OS/c1-2-10(7-16-4-1)13-6-11(3-5-21-13)22-15-19-12-8-17-9-18-14(12)20-15/h1-2,4,7-9,11,13H,3,5-6H2,(H,17,18,19,20). The smallest absolute Gasteiger partial charge is 0.181 e. The Hall–Kier alpha value is -1.99. The van der Waals surface area contributed by atoms with Crippen LogP contribution in [0.15, 0.2) is 42.2 Å². The van der Waals surface area contributed by atoms with Crippen LogP contribution in [-0.4, -0.2) is 36.8 Å². The Balaban J connectivity index is 1.48. The van der Waals surface area contributed by atoms with Crippen LogP contribution in [-0.2, 0) is 4.74 Å². The van der Waals surface area contributed by atoms with Gasteiger partial charge in [0.05, 0.1) is 12.3 Å². The number of nitrogens with one attached hydrogen (secondary N) is 1. The van der Waals surface area contributed by atoms with Crippen LogP contribution in [0.2, 0.25) is 0 Å². The molecule has 1 N–H and O–H groups in total. The van der Waals surface area contributed by atoms with E-state index in [0.29, 0.717) is 10.9 Å². The topological polar surface area (TPSA) is 76.6 Å². The highest BCUT2D eigenvalue weighted by Gasteiger charge is 2.25. The molecule has 1 aliphatic rings. The number of H-pyrrole nitrogens is 1. The van der Waals surface area contributed by atoms with Gasteiger partial charge in [-0.05, 0) is 24.5 Å². The van der Waals surface area contributed by atoms with Crippen molar-refractivity contribution in [1.29, 1.82) is 0 Å². The molecule has 2 atom stereocenters. The molecule has 0 radical (unpaired) electrons. The Kier molecular flexibility index (Phi) is 3.74. The average molecular weight is 313 g/mol. The lowest BCUT2D eigenvalue weighted by molar-refractivity contribution is 0.0176. The van der Waals surface area contributed by atoms with Crippen LogP contribution in [0.1, 0.15) is 24.5 Å². The van der Waals surface area contributed by atoms with E-state index in [0.717, 1.165) is 35.7 Å². The zero-order valence-electron chi connectivity index (χ0n) is 11.8. The SMILES string of the molecule is c1cncc(C2CC(Sc3nc4ncncc4[nH]3)CCO2)c1. The highest BCUT2D eigenvalue weighted by atomic mass is 32.2. The average Bonchev–Trinajstić information content (AvgIpc) is 2.98. The summed E-state index contributed by atoms with van der Waals surface area (Å²) in [5, 5.41) is 1.36. The Morgan fingerprint density at radius 3 is 3.14 bits per heavy atom. The second-order valence-corrected chi connectivity index (χ2v) is 6.50. The van der Waals surface area contributed by atoms with Gasteiger partial charge in [-0.25, -0.2) is 15.0 Å². The summed E-state index contributed by atoms with van der Waals surface area (Å²) in [6, 6.07) is 4.02. The summed E-state index contributed by atoms with van der Waals surface area (Å²) in [5.41, 5.74) is 2.73. The molecule has 7 heteroatoms. The Labute approximate surface area is 131 Å². The number of hydrogen-bond donors (Lipinski definition) is 1. The molecule has 112 valence electrons. The molecule has 2 unspecified atom stereocenters. The number of aromatic nitrogens is 5. The molecule has 0 aromatic carbocycles. The van der Waals surface area contributed by atoms with Crippen molar-refractivity contribution >= 4 is 22.9 Å². The van der Waals surface area contributed by atoms with Gasteiger partial charge in [0.25, 0.3) is 0 Å². The van der Waals surface area contributed by atoms with Gasteiger partial charge in [-0.2, -0.15) is 0 Å². The Morgan fingerprint density at radius 2 is 2.27 bits per heavy atom. The second-order valence-electron chi connectivity index (χ2n) is 5.21. The van der Waals surface area contributed by atoms with Crippen molar-refractivity contribution < 1.29 is 4.74 Å². The summed E-state index contributed by atoms with van der Waals surface area (Å²) in [6.07, 6.45) is 9.03. The number of nitrogens with zero attached hydrogens (tertiary/aromatic N) is 4. The third-order valence-corrected chi connectivity index (χ3v) is 4.89. The normalized spacial score (nSPS) is 22.0. The molecule has 6 nitrogen and oxygen atoms in total. The zero-order chi connectivity index (χ0) is 14.8. The lowest BCUT2D eigenvalue weighted by Crippen LogP contribution is -2.21. The number of hydrogen-bond acceptors (Lipinski definition) is 6. The molecule has 0 spiro atoms. The first kappa shape index (κ1) is 13.7. The Morgan fingerprint density at radius 1 is 1.27 bits per heavy atom. The van der Waals surface area contributed by atoms with Crippen molar-refractivity contribution in [2.75, 3.05) is 6.61 Å². The van der Waals surface area contributed by atoms with E-state index in [-0.39, 0.29) is 6.10 Å². The lowest BCUT2D eigenvalue weighted by Gasteiger charge is -2.28. The van der Waals surface area contributed by atoms with Gasteiger partial charge >= 0.3 is 0 Å². The van der Waals surface area contributed by atoms with Crippen LogP contribution in [0, 0.1) is 0 Å². The summed E-state index contributed by atoms with van der Waals surface area (Å²) in [4.78, 5) is 20.1. The van der Waals surface area contributed by atoms with E-state index in [1.165, 1.54) is 6.33 Å². The van der Waals surface area contributed by atoms with Gasteiger partial charge < -0.3 is 9.72 Å². The number of ether oxygens (including phenoxy) is 1. The fraction of sp³-hybridized carbons (Fsp3) is 0.333. The van der Waals surface area contributed by atoms with E-state index in [9.17, 15) is 0 Å². The molecule has 3 aromatic heterocycles. The van der Waals surface area contributed by atoms with Crippen molar-refractivity contribution in [2.45, 2.75) is 29.4 Å². The van der Waals surface area contributed by atoms with Gasteiger partial charge in [0.2, 0.25) is 0 Å². The van der Waals surface area contributed by atoms with E-state index in [1.54, 1.807) is 24.2 Å². The molecule has 0 amide bonds. The quantitative estimate of drug-likeness (QED) is 0.801.